The summed E-state index contributed by atoms with van der Waals surface area (Å²) in [4.78, 5) is 0. The lowest BCUT2D eigenvalue weighted by Gasteiger charge is -2.22. The molecule has 1 N–H and O–H groups in total. The molecule has 0 bridgehead atoms. The largest absolute Gasteiger partial charge is 0.310 e. The lowest BCUT2D eigenvalue weighted by atomic mass is 9.93. The van der Waals surface area contributed by atoms with E-state index in [1.165, 1.54) is 27.8 Å². The van der Waals surface area contributed by atoms with Gasteiger partial charge in [-0.15, -0.1) is 0 Å². The highest BCUT2D eigenvalue weighted by Crippen LogP contribution is 2.27. The number of halogens is 1. The van der Waals surface area contributed by atoms with E-state index in [2.05, 4.69) is 63.3 Å². The van der Waals surface area contributed by atoms with Gasteiger partial charge in [0.05, 0.1) is 0 Å². The van der Waals surface area contributed by atoms with Crippen LogP contribution in [0.25, 0.3) is 0 Å². The zero-order chi connectivity index (χ0) is 15.4. The first kappa shape index (κ1) is 16.1. The number of hydrogen-bond acceptors (Lipinski definition) is 1. The van der Waals surface area contributed by atoms with Crippen LogP contribution in [0.2, 0.25) is 5.02 Å². The van der Waals surface area contributed by atoms with Crippen LogP contribution in [0.15, 0.2) is 36.4 Å². The smallest absolute Gasteiger partial charge is 0.0441 e. The Morgan fingerprint density at radius 2 is 1.67 bits per heavy atom. The van der Waals surface area contributed by atoms with Crippen molar-refractivity contribution in [1.29, 1.82) is 0 Å². The second kappa shape index (κ2) is 7.11. The molecule has 2 rings (SSSR count). The second-order valence-electron chi connectivity index (χ2n) is 5.77. The first-order valence-corrected chi connectivity index (χ1v) is 7.94. The van der Waals surface area contributed by atoms with Crippen molar-refractivity contribution in [1.82, 2.24) is 5.32 Å². The van der Waals surface area contributed by atoms with Gasteiger partial charge in [0.25, 0.3) is 0 Å². The van der Waals surface area contributed by atoms with Gasteiger partial charge < -0.3 is 5.32 Å². The molecule has 112 valence electrons. The minimum atomic E-state index is 0.301. The summed E-state index contributed by atoms with van der Waals surface area (Å²) in [5.74, 6) is 0. The number of hydrogen-bond donors (Lipinski definition) is 1. The molecule has 1 nitrogen and oxygen atoms in total. The van der Waals surface area contributed by atoms with E-state index in [1.807, 2.05) is 6.07 Å². The first-order chi connectivity index (χ1) is 10.0. The zero-order valence-electron chi connectivity index (χ0n) is 13.3. The summed E-state index contributed by atoms with van der Waals surface area (Å²) in [6.45, 7) is 9.49. The van der Waals surface area contributed by atoms with Gasteiger partial charge in [0.15, 0.2) is 0 Å². The predicted molar refractivity (Wildman–Crippen MR) is 92.2 cm³/mol. The maximum Gasteiger partial charge on any atom is 0.0441 e. The van der Waals surface area contributed by atoms with Crippen molar-refractivity contribution in [2.24, 2.45) is 0 Å². The maximum atomic E-state index is 6.40. The molecular formula is C19H24ClN. The van der Waals surface area contributed by atoms with E-state index < -0.39 is 0 Å². The van der Waals surface area contributed by atoms with Gasteiger partial charge in [-0.25, -0.2) is 0 Å². The molecule has 0 fully saturated rings. The topological polar surface area (TPSA) is 12.0 Å². The van der Waals surface area contributed by atoms with Crippen molar-refractivity contribution < 1.29 is 0 Å². The molecular weight excluding hydrogens is 278 g/mol. The molecule has 2 aromatic rings. The van der Waals surface area contributed by atoms with Crippen LogP contribution in [0.3, 0.4) is 0 Å². The van der Waals surface area contributed by atoms with E-state index in [9.17, 15) is 0 Å². The molecule has 21 heavy (non-hydrogen) atoms. The fourth-order valence-electron chi connectivity index (χ4n) is 2.71. The third-order valence-corrected chi connectivity index (χ3v) is 4.25. The van der Waals surface area contributed by atoms with Gasteiger partial charge in [-0.2, -0.15) is 0 Å². The van der Waals surface area contributed by atoms with Crippen molar-refractivity contribution in [2.45, 2.75) is 40.2 Å². The Hall–Kier alpha value is -1.31. The Labute approximate surface area is 133 Å². The summed E-state index contributed by atoms with van der Waals surface area (Å²) < 4.78 is 0. The average molecular weight is 302 g/mol. The molecule has 0 aromatic heterocycles. The molecule has 0 radical (unpaired) electrons. The van der Waals surface area contributed by atoms with Crippen LogP contribution < -0.4 is 5.32 Å². The number of aryl methyl sites for hydroxylation is 3. The summed E-state index contributed by atoms with van der Waals surface area (Å²) in [5.41, 5.74) is 6.40. The van der Waals surface area contributed by atoms with Crippen LogP contribution in [0.4, 0.5) is 0 Å². The average Bonchev–Trinajstić information content (AvgIpc) is 2.44. The number of nitrogens with one attached hydrogen (secondary N) is 1. The van der Waals surface area contributed by atoms with Gasteiger partial charge >= 0.3 is 0 Å². The van der Waals surface area contributed by atoms with Crippen LogP contribution in [-0.2, 0) is 6.42 Å². The van der Waals surface area contributed by atoms with Crippen molar-refractivity contribution in [2.75, 3.05) is 6.54 Å². The lowest BCUT2D eigenvalue weighted by Crippen LogP contribution is -2.24. The number of likely N-dealkylation sites (N-methyl/N-ethyl adjacent to an activating group) is 1. The molecule has 0 amide bonds. The highest BCUT2D eigenvalue weighted by molar-refractivity contribution is 6.31. The Morgan fingerprint density at radius 1 is 1.00 bits per heavy atom. The molecule has 2 heteroatoms. The fourth-order valence-corrected chi connectivity index (χ4v) is 3.02. The molecule has 0 aliphatic carbocycles. The maximum absolute atomic E-state index is 6.40. The van der Waals surface area contributed by atoms with Crippen molar-refractivity contribution in [3.8, 4) is 0 Å². The van der Waals surface area contributed by atoms with Gasteiger partial charge in [-0.1, -0.05) is 54.4 Å². The van der Waals surface area contributed by atoms with Gasteiger partial charge in [0, 0.05) is 11.1 Å². The summed E-state index contributed by atoms with van der Waals surface area (Å²) in [6, 6.07) is 13.3. The summed E-state index contributed by atoms with van der Waals surface area (Å²) in [6.07, 6.45) is 0.914. The molecule has 0 saturated carbocycles. The molecule has 2 aromatic carbocycles. The highest BCUT2D eigenvalue weighted by atomic mass is 35.5. The number of rotatable bonds is 5. The summed E-state index contributed by atoms with van der Waals surface area (Å²) >= 11 is 6.40. The fraction of sp³-hybridized carbons (Fsp3) is 0.368. The van der Waals surface area contributed by atoms with E-state index in [0.717, 1.165) is 18.0 Å². The van der Waals surface area contributed by atoms with E-state index in [4.69, 9.17) is 11.6 Å². The molecule has 0 spiro atoms. The van der Waals surface area contributed by atoms with Crippen molar-refractivity contribution in [3.05, 3.63) is 69.2 Å². The molecule has 1 atom stereocenters. The molecule has 0 saturated heterocycles. The van der Waals surface area contributed by atoms with Gasteiger partial charge in [0.1, 0.15) is 0 Å². The molecule has 0 aliphatic heterocycles. The second-order valence-corrected chi connectivity index (χ2v) is 6.18. The van der Waals surface area contributed by atoms with Gasteiger partial charge in [-0.3, -0.25) is 0 Å². The Morgan fingerprint density at radius 3 is 2.33 bits per heavy atom. The number of benzene rings is 2. The summed E-state index contributed by atoms with van der Waals surface area (Å²) in [5, 5.41) is 4.46. The molecule has 0 aliphatic rings. The highest BCUT2D eigenvalue weighted by Gasteiger charge is 2.15. The van der Waals surface area contributed by atoms with Crippen LogP contribution in [0, 0.1) is 20.8 Å². The minimum absolute atomic E-state index is 0.301. The summed E-state index contributed by atoms with van der Waals surface area (Å²) in [7, 11) is 0. The third kappa shape index (κ3) is 4.09. The van der Waals surface area contributed by atoms with E-state index in [0.29, 0.717) is 6.04 Å². The third-order valence-electron chi connectivity index (χ3n) is 3.89. The van der Waals surface area contributed by atoms with Crippen molar-refractivity contribution in [3.63, 3.8) is 0 Å². The zero-order valence-corrected chi connectivity index (χ0v) is 14.1. The lowest BCUT2D eigenvalue weighted by molar-refractivity contribution is 0.547. The van der Waals surface area contributed by atoms with E-state index in [1.54, 1.807) is 0 Å². The Bertz CT molecular complexity index is 619. The van der Waals surface area contributed by atoms with Crippen LogP contribution in [0.5, 0.6) is 0 Å². The molecule has 0 heterocycles. The molecule has 1 unspecified atom stereocenters. The predicted octanol–water partition coefficient (Wildman–Crippen LogP) is 5.16. The standard InChI is InChI=1S/C19H24ClN/c1-5-21-19(17-10-13(2)6-8-15(17)4)12-16-9-7-14(3)11-18(16)20/h6-11,19,21H,5,12H2,1-4H3. The van der Waals surface area contributed by atoms with Crippen molar-refractivity contribution >= 4 is 11.6 Å². The Balaban J connectivity index is 2.32. The van der Waals surface area contributed by atoms with Crippen LogP contribution >= 0.6 is 11.6 Å². The normalized spacial score (nSPS) is 12.4. The Kier molecular flexibility index (Phi) is 5.44. The van der Waals surface area contributed by atoms with Crippen LogP contribution in [0.1, 0.15) is 40.8 Å². The quantitative estimate of drug-likeness (QED) is 0.804. The van der Waals surface area contributed by atoms with E-state index >= 15 is 0 Å². The van der Waals surface area contributed by atoms with Gasteiger partial charge in [-0.05, 0) is 62.1 Å². The van der Waals surface area contributed by atoms with Crippen LogP contribution in [-0.4, -0.2) is 6.54 Å². The minimum Gasteiger partial charge on any atom is -0.310 e. The first-order valence-electron chi connectivity index (χ1n) is 7.56. The monoisotopic (exact) mass is 301 g/mol. The SMILES string of the molecule is CCNC(Cc1ccc(C)cc1Cl)c1cc(C)ccc1C. The van der Waals surface area contributed by atoms with Gasteiger partial charge in [0.2, 0.25) is 0 Å². The van der Waals surface area contributed by atoms with E-state index in [-0.39, 0.29) is 0 Å².